The summed E-state index contributed by atoms with van der Waals surface area (Å²) in [6, 6.07) is 6.26. The number of aryl methyl sites for hydroxylation is 1. The standard InChI is InChI=1S/C10H13N3/c1-8-6-10-7-9(2-4-11)3-5-13(10)12-8/h3,5-7H,2,4,11H2,1H3. The van der Waals surface area contributed by atoms with Crippen LogP contribution in [0.2, 0.25) is 0 Å². The molecule has 3 nitrogen and oxygen atoms in total. The Morgan fingerprint density at radius 3 is 3.08 bits per heavy atom. The SMILES string of the molecule is Cc1cc2cc(CCN)ccn2n1. The Morgan fingerprint density at radius 1 is 1.46 bits per heavy atom. The number of aromatic nitrogens is 2. The molecule has 0 bridgehead atoms. The number of nitrogens with zero attached hydrogens (tertiary/aromatic N) is 2. The lowest BCUT2D eigenvalue weighted by Gasteiger charge is -1.98. The summed E-state index contributed by atoms with van der Waals surface area (Å²) >= 11 is 0. The van der Waals surface area contributed by atoms with Gasteiger partial charge in [0.2, 0.25) is 0 Å². The molecule has 0 spiro atoms. The minimum atomic E-state index is 0.698. The highest BCUT2D eigenvalue weighted by Crippen LogP contribution is 2.08. The molecular formula is C10H13N3. The Bertz CT molecular complexity index is 417. The maximum absolute atomic E-state index is 5.49. The van der Waals surface area contributed by atoms with Gasteiger partial charge in [-0.25, -0.2) is 4.52 Å². The van der Waals surface area contributed by atoms with E-state index >= 15 is 0 Å². The molecule has 0 aliphatic rings. The first-order valence-electron chi connectivity index (χ1n) is 4.44. The molecule has 3 heteroatoms. The van der Waals surface area contributed by atoms with Crippen LogP contribution in [0.1, 0.15) is 11.3 Å². The van der Waals surface area contributed by atoms with Gasteiger partial charge in [-0.2, -0.15) is 5.10 Å². The van der Waals surface area contributed by atoms with E-state index in [9.17, 15) is 0 Å². The molecule has 68 valence electrons. The molecule has 0 atom stereocenters. The van der Waals surface area contributed by atoms with Crippen LogP contribution in [-0.2, 0) is 6.42 Å². The average Bonchev–Trinajstić information content (AvgIpc) is 2.44. The first-order valence-corrected chi connectivity index (χ1v) is 4.44. The fourth-order valence-electron chi connectivity index (χ4n) is 1.49. The Morgan fingerprint density at radius 2 is 2.31 bits per heavy atom. The van der Waals surface area contributed by atoms with Crippen molar-refractivity contribution in [3.05, 3.63) is 35.7 Å². The van der Waals surface area contributed by atoms with Gasteiger partial charge in [-0.15, -0.1) is 0 Å². The molecule has 0 saturated carbocycles. The molecule has 0 amide bonds. The van der Waals surface area contributed by atoms with E-state index in [2.05, 4.69) is 23.3 Å². The van der Waals surface area contributed by atoms with Crippen molar-refractivity contribution in [2.24, 2.45) is 5.73 Å². The fourth-order valence-corrected chi connectivity index (χ4v) is 1.49. The van der Waals surface area contributed by atoms with E-state index in [1.807, 2.05) is 17.6 Å². The zero-order valence-corrected chi connectivity index (χ0v) is 7.70. The summed E-state index contributed by atoms with van der Waals surface area (Å²) < 4.78 is 1.88. The van der Waals surface area contributed by atoms with E-state index in [1.165, 1.54) is 5.56 Å². The maximum Gasteiger partial charge on any atom is 0.0667 e. The van der Waals surface area contributed by atoms with Crippen LogP contribution in [0.15, 0.2) is 24.4 Å². The van der Waals surface area contributed by atoms with Crippen LogP contribution in [0.25, 0.3) is 5.52 Å². The molecular weight excluding hydrogens is 162 g/mol. The second kappa shape index (κ2) is 3.18. The number of nitrogens with two attached hydrogens (primary N) is 1. The van der Waals surface area contributed by atoms with E-state index in [0.717, 1.165) is 17.6 Å². The van der Waals surface area contributed by atoms with E-state index in [-0.39, 0.29) is 0 Å². The van der Waals surface area contributed by atoms with Crippen molar-refractivity contribution in [2.45, 2.75) is 13.3 Å². The Kier molecular flexibility index (Phi) is 2.02. The lowest BCUT2D eigenvalue weighted by molar-refractivity contribution is 0.915. The van der Waals surface area contributed by atoms with Crippen LogP contribution in [0.5, 0.6) is 0 Å². The topological polar surface area (TPSA) is 43.3 Å². The summed E-state index contributed by atoms with van der Waals surface area (Å²) in [5.41, 5.74) is 8.95. The molecule has 13 heavy (non-hydrogen) atoms. The van der Waals surface area contributed by atoms with Crippen molar-refractivity contribution in [1.82, 2.24) is 9.61 Å². The van der Waals surface area contributed by atoms with Crippen molar-refractivity contribution in [3.63, 3.8) is 0 Å². The highest BCUT2D eigenvalue weighted by Gasteiger charge is 1.98. The third kappa shape index (κ3) is 1.55. The molecule has 0 aliphatic carbocycles. The monoisotopic (exact) mass is 175 g/mol. The number of hydrogen-bond donors (Lipinski definition) is 1. The summed E-state index contributed by atoms with van der Waals surface area (Å²) in [7, 11) is 0. The third-order valence-corrected chi connectivity index (χ3v) is 2.08. The van der Waals surface area contributed by atoms with Gasteiger partial charge in [0.05, 0.1) is 11.2 Å². The van der Waals surface area contributed by atoms with Crippen molar-refractivity contribution < 1.29 is 0 Å². The number of rotatable bonds is 2. The molecule has 0 radical (unpaired) electrons. The highest BCUT2D eigenvalue weighted by atomic mass is 15.2. The molecule has 0 unspecified atom stereocenters. The number of hydrogen-bond acceptors (Lipinski definition) is 2. The zero-order chi connectivity index (χ0) is 9.26. The summed E-state index contributed by atoms with van der Waals surface area (Å²) in [5.74, 6) is 0. The Balaban J connectivity index is 2.48. The normalized spacial score (nSPS) is 10.9. The van der Waals surface area contributed by atoms with Crippen molar-refractivity contribution in [1.29, 1.82) is 0 Å². The average molecular weight is 175 g/mol. The van der Waals surface area contributed by atoms with Gasteiger partial charge in [0.25, 0.3) is 0 Å². The minimum Gasteiger partial charge on any atom is -0.330 e. The molecule has 2 heterocycles. The molecule has 2 N–H and O–H groups in total. The Labute approximate surface area is 77.2 Å². The van der Waals surface area contributed by atoms with Gasteiger partial charge in [-0.05, 0) is 43.7 Å². The smallest absolute Gasteiger partial charge is 0.0667 e. The van der Waals surface area contributed by atoms with Crippen LogP contribution in [0.4, 0.5) is 0 Å². The van der Waals surface area contributed by atoms with E-state index in [1.54, 1.807) is 0 Å². The van der Waals surface area contributed by atoms with Gasteiger partial charge in [0.15, 0.2) is 0 Å². The summed E-state index contributed by atoms with van der Waals surface area (Å²) in [5, 5.41) is 4.30. The molecule has 0 saturated heterocycles. The summed E-state index contributed by atoms with van der Waals surface area (Å²) in [4.78, 5) is 0. The third-order valence-electron chi connectivity index (χ3n) is 2.08. The molecule has 0 fully saturated rings. The predicted octanol–water partition coefficient (Wildman–Crippen LogP) is 1.14. The summed E-state index contributed by atoms with van der Waals surface area (Å²) in [6.45, 7) is 2.69. The van der Waals surface area contributed by atoms with E-state index in [0.29, 0.717) is 6.54 Å². The van der Waals surface area contributed by atoms with Crippen molar-refractivity contribution in [2.75, 3.05) is 6.54 Å². The first kappa shape index (κ1) is 8.26. The summed E-state index contributed by atoms with van der Waals surface area (Å²) in [6.07, 6.45) is 2.91. The minimum absolute atomic E-state index is 0.698. The predicted molar refractivity (Wildman–Crippen MR) is 52.7 cm³/mol. The van der Waals surface area contributed by atoms with Crippen LogP contribution in [-0.4, -0.2) is 16.2 Å². The van der Waals surface area contributed by atoms with Gasteiger partial charge >= 0.3 is 0 Å². The van der Waals surface area contributed by atoms with Crippen molar-refractivity contribution >= 4 is 5.52 Å². The lowest BCUT2D eigenvalue weighted by atomic mass is 10.2. The maximum atomic E-state index is 5.49. The van der Waals surface area contributed by atoms with Crippen LogP contribution >= 0.6 is 0 Å². The van der Waals surface area contributed by atoms with Gasteiger partial charge in [0, 0.05) is 6.20 Å². The highest BCUT2D eigenvalue weighted by molar-refractivity contribution is 5.49. The van der Waals surface area contributed by atoms with E-state index < -0.39 is 0 Å². The molecule has 0 aliphatic heterocycles. The largest absolute Gasteiger partial charge is 0.330 e. The van der Waals surface area contributed by atoms with Gasteiger partial charge in [0.1, 0.15) is 0 Å². The van der Waals surface area contributed by atoms with Crippen LogP contribution in [0, 0.1) is 6.92 Å². The molecule has 2 rings (SSSR count). The van der Waals surface area contributed by atoms with E-state index in [4.69, 9.17) is 5.73 Å². The van der Waals surface area contributed by atoms with Crippen LogP contribution in [0.3, 0.4) is 0 Å². The van der Waals surface area contributed by atoms with Crippen LogP contribution < -0.4 is 5.73 Å². The molecule has 2 aromatic heterocycles. The van der Waals surface area contributed by atoms with Gasteiger partial charge in [-0.1, -0.05) is 0 Å². The second-order valence-corrected chi connectivity index (χ2v) is 3.23. The lowest BCUT2D eigenvalue weighted by Crippen LogP contribution is -2.02. The van der Waals surface area contributed by atoms with Gasteiger partial charge < -0.3 is 5.73 Å². The van der Waals surface area contributed by atoms with Crippen molar-refractivity contribution in [3.8, 4) is 0 Å². The van der Waals surface area contributed by atoms with Gasteiger partial charge in [-0.3, -0.25) is 0 Å². The second-order valence-electron chi connectivity index (χ2n) is 3.23. The zero-order valence-electron chi connectivity index (χ0n) is 7.70. The molecule has 0 aromatic carbocycles. The first-order chi connectivity index (χ1) is 6.29. The quantitative estimate of drug-likeness (QED) is 0.744. The number of fused-ring (bicyclic) bond motifs is 1. The Hall–Kier alpha value is -1.35. The molecule has 2 aromatic rings. The fraction of sp³-hybridized carbons (Fsp3) is 0.300. The number of pyridine rings is 1.